The van der Waals surface area contributed by atoms with Gasteiger partial charge in [-0.2, -0.15) is 0 Å². The fraction of sp³-hybridized carbons (Fsp3) is 0.353. The highest BCUT2D eigenvalue weighted by atomic mass is 16.5. The molecule has 0 amide bonds. The van der Waals surface area contributed by atoms with Crippen LogP contribution in [0.5, 0.6) is 11.5 Å². The molecule has 2 aromatic rings. The molecule has 0 aliphatic rings. The van der Waals surface area contributed by atoms with Gasteiger partial charge in [-0.15, -0.1) is 0 Å². The molecule has 2 rings (SSSR count). The number of nitrogens with two attached hydrogens (primary N) is 1. The van der Waals surface area contributed by atoms with Gasteiger partial charge in [0, 0.05) is 6.54 Å². The van der Waals surface area contributed by atoms with Crippen molar-refractivity contribution in [2.45, 2.75) is 20.3 Å². The predicted octanol–water partition coefficient (Wildman–Crippen LogP) is 3.12. The zero-order chi connectivity index (χ0) is 15.8. The summed E-state index contributed by atoms with van der Waals surface area (Å²) < 4.78 is 11.2. The average molecular weight is 301 g/mol. The van der Waals surface area contributed by atoms with Crippen LogP contribution in [-0.4, -0.2) is 24.7 Å². The number of nitrogens with zero attached hydrogens (tertiary/aromatic N) is 1. The number of ether oxygens (including phenoxy) is 2. The Morgan fingerprint density at radius 2 is 1.82 bits per heavy atom. The van der Waals surface area contributed by atoms with Crippen molar-refractivity contribution in [1.29, 1.82) is 0 Å². The van der Waals surface area contributed by atoms with Crippen LogP contribution in [-0.2, 0) is 6.42 Å². The van der Waals surface area contributed by atoms with Gasteiger partial charge in [-0.25, -0.2) is 4.98 Å². The molecule has 5 nitrogen and oxygen atoms in total. The summed E-state index contributed by atoms with van der Waals surface area (Å²) in [4.78, 5) is 4.05. The minimum atomic E-state index is 0.526. The van der Waals surface area contributed by atoms with Crippen LogP contribution in [0.4, 0.5) is 11.5 Å². The Morgan fingerprint density at radius 1 is 1.05 bits per heavy atom. The maximum absolute atomic E-state index is 5.64. The Labute approximate surface area is 131 Å². The lowest BCUT2D eigenvalue weighted by Crippen LogP contribution is -2.06. The summed E-state index contributed by atoms with van der Waals surface area (Å²) in [7, 11) is 0. The first-order chi connectivity index (χ1) is 10.7. The minimum Gasteiger partial charge on any atom is -0.490 e. The van der Waals surface area contributed by atoms with Crippen LogP contribution < -0.4 is 20.5 Å². The van der Waals surface area contributed by atoms with E-state index in [0.29, 0.717) is 19.0 Å². The van der Waals surface area contributed by atoms with E-state index in [1.54, 1.807) is 12.3 Å². The first-order valence-electron chi connectivity index (χ1n) is 7.56. The second kappa shape index (κ2) is 8.12. The van der Waals surface area contributed by atoms with Crippen LogP contribution in [0.2, 0.25) is 0 Å². The molecule has 0 spiro atoms. The lowest BCUT2D eigenvalue weighted by molar-refractivity contribution is 0.287. The van der Waals surface area contributed by atoms with E-state index in [1.807, 2.05) is 32.0 Å². The number of benzene rings is 1. The van der Waals surface area contributed by atoms with E-state index in [-0.39, 0.29) is 0 Å². The lowest BCUT2D eigenvalue weighted by atomic mass is 10.1. The molecule has 0 radical (unpaired) electrons. The lowest BCUT2D eigenvalue weighted by Gasteiger charge is -2.13. The second-order valence-corrected chi connectivity index (χ2v) is 4.80. The predicted molar refractivity (Wildman–Crippen MR) is 89.6 cm³/mol. The summed E-state index contributed by atoms with van der Waals surface area (Å²) in [6.45, 7) is 6.00. The van der Waals surface area contributed by atoms with Crippen LogP contribution in [0, 0.1) is 0 Å². The molecule has 1 aromatic heterocycles. The van der Waals surface area contributed by atoms with Crippen LogP contribution >= 0.6 is 0 Å². The monoisotopic (exact) mass is 301 g/mol. The molecular formula is C17H23N3O2. The van der Waals surface area contributed by atoms with Crippen molar-refractivity contribution in [3.8, 4) is 11.5 Å². The maximum atomic E-state index is 5.64. The van der Waals surface area contributed by atoms with E-state index in [9.17, 15) is 0 Å². The molecule has 0 fully saturated rings. The number of aromatic nitrogens is 1. The van der Waals surface area contributed by atoms with Gasteiger partial charge in [-0.3, -0.25) is 0 Å². The molecule has 118 valence electrons. The Balaban J connectivity index is 1.94. The smallest absolute Gasteiger partial charge is 0.161 e. The molecule has 0 atom stereocenters. The first kappa shape index (κ1) is 15.9. The third-order valence-electron chi connectivity index (χ3n) is 3.14. The summed E-state index contributed by atoms with van der Waals surface area (Å²) in [5.41, 5.74) is 7.73. The fourth-order valence-electron chi connectivity index (χ4n) is 2.11. The minimum absolute atomic E-state index is 0.526. The highest BCUT2D eigenvalue weighted by Gasteiger charge is 2.06. The molecule has 0 aliphatic carbocycles. The summed E-state index contributed by atoms with van der Waals surface area (Å²) in [5, 5.41) is 3.32. The van der Waals surface area contributed by atoms with Gasteiger partial charge in [0.05, 0.1) is 25.1 Å². The number of pyridine rings is 1. The van der Waals surface area contributed by atoms with Gasteiger partial charge in [0.15, 0.2) is 11.5 Å². The Morgan fingerprint density at radius 3 is 2.50 bits per heavy atom. The maximum Gasteiger partial charge on any atom is 0.161 e. The molecule has 3 N–H and O–H groups in total. The summed E-state index contributed by atoms with van der Waals surface area (Å²) in [5.74, 6) is 2.12. The summed E-state index contributed by atoms with van der Waals surface area (Å²) in [6.07, 6.45) is 2.62. The third-order valence-corrected chi connectivity index (χ3v) is 3.14. The van der Waals surface area contributed by atoms with E-state index in [2.05, 4.69) is 16.4 Å². The van der Waals surface area contributed by atoms with E-state index in [1.165, 1.54) is 5.56 Å². The molecule has 0 bridgehead atoms. The van der Waals surface area contributed by atoms with Crippen molar-refractivity contribution >= 4 is 11.5 Å². The van der Waals surface area contributed by atoms with Crippen LogP contribution in [0.1, 0.15) is 19.4 Å². The number of hydrogen-bond donors (Lipinski definition) is 2. The van der Waals surface area contributed by atoms with Crippen LogP contribution in [0.3, 0.4) is 0 Å². The highest BCUT2D eigenvalue weighted by molar-refractivity contribution is 5.46. The van der Waals surface area contributed by atoms with Gasteiger partial charge in [-0.05, 0) is 50.1 Å². The van der Waals surface area contributed by atoms with E-state index < -0.39 is 0 Å². The molecule has 1 heterocycles. The van der Waals surface area contributed by atoms with Gasteiger partial charge in [0.1, 0.15) is 5.82 Å². The van der Waals surface area contributed by atoms with Crippen LogP contribution in [0.15, 0.2) is 36.5 Å². The molecule has 0 aliphatic heterocycles. The topological polar surface area (TPSA) is 69.4 Å². The average Bonchev–Trinajstić information content (AvgIpc) is 2.52. The van der Waals surface area contributed by atoms with E-state index >= 15 is 0 Å². The third kappa shape index (κ3) is 4.55. The van der Waals surface area contributed by atoms with Crippen LogP contribution in [0.25, 0.3) is 0 Å². The number of nitrogen functional groups attached to an aromatic ring is 1. The normalized spacial score (nSPS) is 10.3. The quantitative estimate of drug-likeness (QED) is 0.784. The van der Waals surface area contributed by atoms with Gasteiger partial charge in [0.25, 0.3) is 0 Å². The highest BCUT2D eigenvalue weighted by Crippen LogP contribution is 2.28. The standard InChI is InChI=1S/C17H23N3O2/c1-3-21-15-7-5-13(11-16(15)22-4-2)9-10-19-14-6-8-17(18)20-12-14/h5-8,11-12,19H,3-4,9-10H2,1-2H3,(H2,18,20). The molecule has 0 saturated heterocycles. The SMILES string of the molecule is CCOc1ccc(CCNc2ccc(N)nc2)cc1OCC. The Hall–Kier alpha value is -2.43. The fourth-order valence-corrected chi connectivity index (χ4v) is 2.11. The molecule has 1 aromatic carbocycles. The summed E-state index contributed by atoms with van der Waals surface area (Å²) >= 11 is 0. The van der Waals surface area contributed by atoms with Crippen molar-refractivity contribution in [1.82, 2.24) is 4.98 Å². The molecule has 5 heteroatoms. The Kier molecular flexibility index (Phi) is 5.89. The van der Waals surface area contributed by atoms with E-state index in [0.717, 1.165) is 30.2 Å². The van der Waals surface area contributed by atoms with Gasteiger partial charge in [-0.1, -0.05) is 6.07 Å². The molecule has 22 heavy (non-hydrogen) atoms. The number of rotatable bonds is 8. The number of hydrogen-bond acceptors (Lipinski definition) is 5. The zero-order valence-electron chi connectivity index (χ0n) is 13.1. The number of nitrogens with one attached hydrogen (secondary N) is 1. The van der Waals surface area contributed by atoms with Crippen molar-refractivity contribution in [2.24, 2.45) is 0 Å². The van der Waals surface area contributed by atoms with Gasteiger partial charge < -0.3 is 20.5 Å². The first-order valence-corrected chi connectivity index (χ1v) is 7.56. The van der Waals surface area contributed by atoms with Gasteiger partial charge >= 0.3 is 0 Å². The van der Waals surface area contributed by atoms with Gasteiger partial charge in [0.2, 0.25) is 0 Å². The zero-order valence-corrected chi connectivity index (χ0v) is 13.1. The largest absolute Gasteiger partial charge is 0.490 e. The number of anilines is 2. The van der Waals surface area contributed by atoms with Crippen molar-refractivity contribution < 1.29 is 9.47 Å². The molecular weight excluding hydrogens is 278 g/mol. The van der Waals surface area contributed by atoms with Crippen molar-refractivity contribution in [2.75, 3.05) is 30.8 Å². The molecule has 0 saturated carbocycles. The van der Waals surface area contributed by atoms with Crippen molar-refractivity contribution in [3.05, 3.63) is 42.1 Å². The molecule has 0 unspecified atom stereocenters. The Bertz CT molecular complexity index is 585. The summed E-state index contributed by atoms with van der Waals surface area (Å²) in [6, 6.07) is 9.78. The van der Waals surface area contributed by atoms with E-state index in [4.69, 9.17) is 15.2 Å². The second-order valence-electron chi connectivity index (χ2n) is 4.80. The van der Waals surface area contributed by atoms with Crippen molar-refractivity contribution in [3.63, 3.8) is 0 Å².